The summed E-state index contributed by atoms with van der Waals surface area (Å²) < 4.78 is 19.7. The van der Waals surface area contributed by atoms with E-state index in [4.69, 9.17) is 10.5 Å². The topological polar surface area (TPSA) is 48.1 Å². The van der Waals surface area contributed by atoms with Crippen molar-refractivity contribution < 1.29 is 9.13 Å². The highest BCUT2D eigenvalue weighted by molar-refractivity contribution is 5.73. The SMILES string of the molecule is Nc1ncccc1-c1ccc(OCc2ccccc2)c(F)c1. The van der Waals surface area contributed by atoms with Crippen molar-refractivity contribution in [2.75, 3.05) is 5.73 Å². The van der Waals surface area contributed by atoms with E-state index in [2.05, 4.69) is 4.98 Å². The molecule has 1 aromatic heterocycles. The van der Waals surface area contributed by atoms with Crippen molar-refractivity contribution in [2.24, 2.45) is 0 Å². The van der Waals surface area contributed by atoms with Crippen LogP contribution in [0, 0.1) is 5.82 Å². The van der Waals surface area contributed by atoms with Gasteiger partial charge in [0.1, 0.15) is 12.4 Å². The fraction of sp³-hybridized carbons (Fsp3) is 0.0556. The molecular weight excluding hydrogens is 279 g/mol. The van der Waals surface area contributed by atoms with Crippen LogP contribution in [-0.4, -0.2) is 4.98 Å². The molecule has 0 radical (unpaired) electrons. The lowest BCUT2D eigenvalue weighted by atomic mass is 10.1. The van der Waals surface area contributed by atoms with Crippen molar-refractivity contribution in [1.29, 1.82) is 0 Å². The van der Waals surface area contributed by atoms with Crippen molar-refractivity contribution >= 4 is 5.82 Å². The van der Waals surface area contributed by atoms with Gasteiger partial charge in [-0.3, -0.25) is 0 Å². The number of pyridine rings is 1. The molecular formula is C18H15FN2O. The fourth-order valence-electron chi connectivity index (χ4n) is 2.18. The van der Waals surface area contributed by atoms with Gasteiger partial charge in [0.15, 0.2) is 11.6 Å². The number of nitrogens with two attached hydrogens (primary N) is 1. The molecule has 0 bridgehead atoms. The molecule has 3 nitrogen and oxygen atoms in total. The molecule has 2 aromatic carbocycles. The van der Waals surface area contributed by atoms with Crippen LogP contribution in [0.1, 0.15) is 5.56 Å². The number of benzene rings is 2. The quantitative estimate of drug-likeness (QED) is 0.789. The van der Waals surface area contributed by atoms with Gasteiger partial charge >= 0.3 is 0 Å². The molecule has 0 fully saturated rings. The monoisotopic (exact) mass is 294 g/mol. The molecule has 22 heavy (non-hydrogen) atoms. The number of aromatic nitrogens is 1. The Morgan fingerprint density at radius 3 is 2.55 bits per heavy atom. The highest BCUT2D eigenvalue weighted by Gasteiger charge is 2.09. The molecule has 0 amide bonds. The number of ether oxygens (including phenoxy) is 1. The maximum Gasteiger partial charge on any atom is 0.165 e. The summed E-state index contributed by atoms with van der Waals surface area (Å²) in [6.07, 6.45) is 1.60. The average Bonchev–Trinajstić information content (AvgIpc) is 2.55. The molecule has 0 aliphatic carbocycles. The van der Waals surface area contributed by atoms with Crippen molar-refractivity contribution in [1.82, 2.24) is 4.98 Å². The second kappa shape index (κ2) is 6.26. The van der Waals surface area contributed by atoms with Gasteiger partial charge in [-0.15, -0.1) is 0 Å². The first-order chi connectivity index (χ1) is 10.7. The molecule has 1 heterocycles. The minimum Gasteiger partial charge on any atom is -0.486 e. The number of hydrogen-bond donors (Lipinski definition) is 1. The highest BCUT2D eigenvalue weighted by Crippen LogP contribution is 2.28. The van der Waals surface area contributed by atoms with Crippen molar-refractivity contribution in [3.8, 4) is 16.9 Å². The molecule has 3 aromatic rings. The van der Waals surface area contributed by atoms with Crippen LogP contribution in [0.25, 0.3) is 11.1 Å². The van der Waals surface area contributed by atoms with Crippen molar-refractivity contribution in [2.45, 2.75) is 6.61 Å². The van der Waals surface area contributed by atoms with Gasteiger partial charge in [-0.1, -0.05) is 36.4 Å². The van der Waals surface area contributed by atoms with Crippen LogP contribution in [0.15, 0.2) is 66.9 Å². The third-order valence-corrected chi connectivity index (χ3v) is 3.32. The van der Waals surface area contributed by atoms with Crippen LogP contribution < -0.4 is 10.5 Å². The van der Waals surface area contributed by atoms with Gasteiger partial charge in [0, 0.05) is 11.8 Å². The molecule has 0 saturated carbocycles. The van der Waals surface area contributed by atoms with Crippen LogP contribution >= 0.6 is 0 Å². The van der Waals surface area contributed by atoms with E-state index in [9.17, 15) is 4.39 Å². The molecule has 0 spiro atoms. The minimum atomic E-state index is -0.420. The van der Waals surface area contributed by atoms with Crippen LogP contribution in [0.3, 0.4) is 0 Å². The number of halogens is 1. The average molecular weight is 294 g/mol. The Kier molecular flexibility index (Phi) is 4.01. The zero-order valence-corrected chi connectivity index (χ0v) is 11.9. The number of nitrogens with zero attached hydrogens (tertiary/aromatic N) is 1. The smallest absolute Gasteiger partial charge is 0.165 e. The molecule has 110 valence electrons. The number of anilines is 1. The van der Waals surface area contributed by atoms with Crippen molar-refractivity contribution in [3.63, 3.8) is 0 Å². The van der Waals surface area contributed by atoms with E-state index in [1.165, 1.54) is 6.07 Å². The number of rotatable bonds is 4. The maximum absolute atomic E-state index is 14.2. The summed E-state index contributed by atoms with van der Waals surface area (Å²) in [4.78, 5) is 4.01. The second-order valence-electron chi connectivity index (χ2n) is 4.86. The lowest BCUT2D eigenvalue weighted by Crippen LogP contribution is -1.98. The summed E-state index contributed by atoms with van der Waals surface area (Å²) in [5.41, 5.74) is 8.18. The Hall–Kier alpha value is -2.88. The van der Waals surface area contributed by atoms with E-state index < -0.39 is 5.82 Å². The molecule has 0 aliphatic heterocycles. The Bertz CT molecular complexity index is 775. The fourth-order valence-corrected chi connectivity index (χ4v) is 2.18. The lowest BCUT2D eigenvalue weighted by Gasteiger charge is -2.10. The summed E-state index contributed by atoms with van der Waals surface area (Å²) in [5, 5.41) is 0. The van der Waals surface area contributed by atoms with Gasteiger partial charge in [0.2, 0.25) is 0 Å². The van der Waals surface area contributed by atoms with E-state index in [-0.39, 0.29) is 5.75 Å². The van der Waals surface area contributed by atoms with Crippen LogP contribution in [0.2, 0.25) is 0 Å². The summed E-state index contributed by atoms with van der Waals surface area (Å²) in [5.74, 6) is 0.173. The molecule has 4 heteroatoms. The molecule has 0 unspecified atom stereocenters. The summed E-state index contributed by atoms with van der Waals surface area (Å²) >= 11 is 0. The predicted octanol–water partition coefficient (Wildman–Crippen LogP) is 4.05. The zero-order valence-electron chi connectivity index (χ0n) is 11.9. The standard InChI is InChI=1S/C18H15FN2O/c19-16-11-14(15-7-4-10-21-18(15)20)8-9-17(16)22-12-13-5-2-1-3-6-13/h1-11H,12H2,(H2,20,21). The summed E-state index contributed by atoms with van der Waals surface area (Å²) in [6.45, 7) is 0.326. The number of nitrogen functional groups attached to an aromatic ring is 1. The van der Waals surface area contributed by atoms with Gasteiger partial charge in [0.25, 0.3) is 0 Å². The van der Waals surface area contributed by atoms with Gasteiger partial charge in [-0.05, 0) is 35.4 Å². The third kappa shape index (κ3) is 3.06. The first-order valence-corrected chi connectivity index (χ1v) is 6.91. The first-order valence-electron chi connectivity index (χ1n) is 6.91. The lowest BCUT2D eigenvalue weighted by molar-refractivity contribution is 0.290. The maximum atomic E-state index is 14.2. The Morgan fingerprint density at radius 1 is 1.00 bits per heavy atom. The van der Waals surface area contributed by atoms with Crippen LogP contribution in [0.4, 0.5) is 10.2 Å². The van der Waals surface area contributed by atoms with E-state index in [0.29, 0.717) is 23.6 Å². The zero-order chi connectivity index (χ0) is 15.4. The largest absolute Gasteiger partial charge is 0.486 e. The Balaban J connectivity index is 1.79. The first kappa shape index (κ1) is 14.1. The Labute approximate surface area is 128 Å². The third-order valence-electron chi connectivity index (χ3n) is 3.32. The van der Waals surface area contributed by atoms with Crippen molar-refractivity contribution in [3.05, 3.63) is 78.2 Å². The van der Waals surface area contributed by atoms with Gasteiger partial charge in [-0.25, -0.2) is 9.37 Å². The highest BCUT2D eigenvalue weighted by atomic mass is 19.1. The molecule has 3 rings (SSSR count). The molecule has 0 aliphatic rings. The second-order valence-corrected chi connectivity index (χ2v) is 4.86. The number of hydrogen-bond acceptors (Lipinski definition) is 3. The summed E-state index contributed by atoms with van der Waals surface area (Å²) in [6, 6.07) is 18.0. The minimum absolute atomic E-state index is 0.218. The Morgan fingerprint density at radius 2 is 1.82 bits per heavy atom. The van der Waals surface area contributed by atoms with Gasteiger partial charge in [-0.2, -0.15) is 0 Å². The molecule has 0 saturated heterocycles. The van der Waals surface area contributed by atoms with E-state index in [0.717, 1.165) is 5.56 Å². The molecule has 2 N–H and O–H groups in total. The predicted molar refractivity (Wildman–Crippen MR) is 84.8 cm³/mol. The van der Waals surface area contributed by atoms with E-state index in [1.54, 1.807) is 24.4 Å². The normalized spacial score (nSPS) is 10.4. The van der Waals surface area contributed by atoms with Crippen LogP contribution in [-0.2, 0) is 6.61 Å². The van der Waals surface area contributed by atoms with E-state index in [1.807, 2.05) is 36.4 Å². The summed E-state index contributed by atoms with van der Waals surface area (Å²) in [7, 11) is 0. The van der Waals surface area contributed by atoms with Crippen LogP contribution in [0.5, 0.6) is 5.75 Å². The van der Waals surface area contributed by atoms with Gasteiger partial charge < -0.3 is 10.5 Å². The van der Waals surface area contributed by atoms with Gasteiger partial charge in [0.05, 0.1) is 0 Å². The van der Waals surface area contributed by atoms with E-state index >= 15 is 0 Å². The molecule has 0 atom stereocenters.